The van der Waals surface area contributed by atoms with Crippen LogP contribution in [0.15, 0.2) is 59.4 Å². The maximum absolute atomic E-state index is 4.75. The Balaban J connectivity index is 1.63. The lowest BCUT2D eigenvalue weighted by molar-refractivity contribution is 0.314. The number of nitrogens with zero attached hydrogens (tertiary/aromatic N) is 6. The molecule has 0 aliphatic heterocycles. The molecule has 3 heterocycles. The summed E-state index contributed by atoms with van der Waals surface area (Å²) in [6, 6.07) is 15.9. The molecular formula is C18H17N7O. The third-order valence-electron chi connectivity index (χ3n) is 3.89. The summed E-state index contributed by atoms with van der Waals surface area (Å²) >= 11 is 0. The molecule has 0 saturated carbocycles. The molecule has 0 unspecified atom stereocenters. The van der Waals surface area contributed by atoms with Crippen molar-refractivity contribution in [2.45, 2.75) is 13.1 Å². The topological polar surface area (TPSA) is 92.9 Å². The van der Waals surface area contributed by atoms with Crippen molar-refractivity contribution in [2.75, 3.05) is 17.3 Å². The van der Waals surface area contributed by atoms with Crippen LogP contribution in [0.25, 0.3) is 11.3 Å². The highest BCUT2D eigenvalue weighted by Gasteiger charge is 2.16. The molecule has 0 bridgehead atoms. The summed E-state index contributed by atoms with van der Waals surface area (Å²) in [6.45, 7) is 1.21. The average Bonchev–Trinajstić information content (AvgIpc) is 3.14. The average molecular weight is 347 g/mol. The number of pyridine rings is 1. The van der Waals surface area contributed by atoms with Crippen LogP contribution in [0.5, 0.6) is 0 Å². The number of nitrogens with one attached hydrogen (secondary N) is 1. The minimum Gasteiger partial charge on any atom is -0.363 e. The van der Waals surface area contributed by atoms with Gasteiger partial charge < -0.3 is 10.2 Å². The first-order chi connectivity index (χ1) is 12.8. The molecule has 1 aromatic carbocycles. The Morgan fingerprint density at radius 2 is 1.73 bits per heavy atom. The molecule has 0 saturated heterocycles. The summed E-state index contributed by atoms with van der Waals surface area (Å²) in [5.74, 6) is 1.28. The van der Waals surface area contributed by atoms with E-state index >= 15 is 0 Å². The first-order valence-corrected chi connectivity index (χ1v) is 8.19. The van der Waals surface area contributed by atoms with Crippen molar-refractivity contribution >= 4 is 22.9 Å². The van der Waals surface area contributed by atoms with Gasteiger partial charge in [0.15, 0.2) is 11.6 Å². The molecule has 0 amide bonds. The second-order valence-electron chi connectivity index (χ2n) is 5.82. The van der Waals surface area contributed by atoms with Crippen molar-refractivity contribution in [3.63, 3.8) is 0 Å². The SMILES string of the molecule is CN(Cc1ccccn1)c1nc2nonc2nc1NCc1ccccc1. The van der Waals surface area contributed by atoms with Crippen LogP contribution in [-0.2, 0) is 13.1 Å². The Hall–Kier alpha value is -3.55. The van der Waals surface area contributed by atoms with Gasteiger partial charge in [0.1, 0.15) is 0 Å². The summed E-state index contributed by atoms with van der Waals surface area (Å²) in [5.41, 5.74) is 2.82. The predicted octanol–water partition coefficient (Wildman–Crippen LogP) is 2.66. The molecule has 8 nitrogen and oxygen atoms in total. The molecule has 0 aliphatic carbocycles. The molecule has 8 heteroatoms. The Kier molecular flexibility index (Phi) is 4.38. The zero-order valence-corrected chi connectivity index (χ0v) is 14.2. The fraction of sp³-hybridized carbons (Fsp3) is 0.167. The van der Waals surface area contributed by atoms with Gasteiger partial charge in [-0.25, -0.2) is 14.6 Å². The maximum atomic E-state index is 4.75. The van der Waals surface area contributed by atoms with Crippen LogP contribution in [0.3, 0.4) is 0 Å². The van der Waals surface area contributed by atoms with Crippen molar-refractivity contribution < 1.29 is 4.63 Å². The summed E-state index contributed by atoms with van der Waals surface area (Å²) in [5, 5.41) is 10.9. The number of hydrogen-bond donors (Lipinski definition) is 1. The van der Waals surface area contributed by atoms with E-state index in [-0.39, 0.29) is 0 Å². The lowest BCUT2D eigenvalue weighted by atomic mass is 10.2. The number of rotatable bonds is 6. The number of aromatic nitrogens is 5. The van der Waals surface area contributed by atoms with Gasteiger partial charge in [0, 0.05) is 19.8 Å². The Morgan fingerprint density at radius 3 is 2.50 bits per heavy atom. The van der Waals surface area contributed by atoms with Crippen LogP contribution in [0.4, 0.5) is 11.6 Å². The van der Waals surface area contributed by atoms with Gasteiger partial charge in [-0.2, -0.15) is 0 Å². The van der Waals surface area contributed by atoms with Gasteiger partial charge in [0.25, 0.3) is 0 Å². The van der Waals surface area contributed by atoms with Crippen molar-refractivity contribution in [1.82, 2.24) is 25.3 Å². The second-order valence-corrected chi connectivity index (χ2v) is 5.82. The first-order valence-electron chi connectivity index (χ1n) is 8.19. The number of fused-ring (bicyclic) bond motifs is 1. The lowest BCUT2D eigenvalue weighted by Crippen LogP contribution is -2.21. The molecule has 1 N–H and O–H groups in total. The first kappa shape index (κ1) is 15.9. The van der Waals surface area contributed by atoms with E-state index in [1.54, 1.807) is 6.20 Å². The van der Waals surface area contributed by atoms with E-state index in [4.69, 9.17) is 4.63 Å². The van der Waals surface area contributed by atoms with Gasteiger partial charge in [-0.1, -0.05) is 36.4 Å². The quantitative estimate of drug-likeness (QED) is 0.569. The molecule has 0 aliphatic rings. The van der Waals surface area contributed by atoms with Crippen LogP contribution in [0.2, 0.25) is 0 Å². The maximum Gasteiger partial charge on any atom is 0.245 e. The minimum absolute atomic E-state index is 0.371. The summed E-state index contributed by atoms with van der Waals surface area (Å²) in [6.07, 6.45) is 1.77. The van der Waals surface area contributed by atoms with Gasteiger partial charge in [0.2, 0.25) is 11.3 Å². The highest BCUT2D eigenvalue weighted by molar-refractivity contribution is 5.73. The van der Waals surface area contributed by atoms with E-state index in [1.807, 2.05) is 60.5 Å². The summed E-state index contributed by atoms with van der Waals surface area (Å²) in [4.78, 5) is 15.4. The Morgan fingerprint density at radius 1 is 0.962 bits per heavy atom. The van der Waals surface area contributed by atoms with Crippen molar-refractivity contribution in [3.8, 4) is 0 Å². The van der Waals surface area contributed by atoms with Gasteiger partial charge >= 0.3 is 0 Å². The zero-order valence-electron chi connectivity index (χ0n) is 14.2. The van der Waals surface area contributed by atoms with Gasteiger partial charge in [-0.3, -0.25) is 4.98 Å². The lowest BCUT2D eigenvalue weighted by Gasteiger charge is -2.20. The molecule has 0 spiro atoms. The standard InChI is InChI=1S/C18H17N7O/c1-25(12-14-9-5-6-10-19-14)18-17(20-11-13-7-3-2-4-8-13)21-15-16(22-18)24-26-23-15/h2-10H,11-12H2,1H3,(H,20,21,23). The summed E-state index contributed by atoms with van der Waals surface area (Å²) < 4.78 is 4.75. The smallest absolute Gasteiger partial charge is 0.245 e. The molecule has 4 aromatic rings. The van der Waals surface area contributed by atoms with E-state index in [0.717, 1.165) is 11.3 Å². The van der Waals surface area contributed by atoms with E-state index < -0.39 is 0 Å². The molecule has 4 rings (SSSR count). The predicted molar refractivity (Wildman–Crippen MR) is 97.5 cm³/mol. The van der Waals surface area contributed by atoms with Gasteiger partial charge in [0.05, 0.1) is 12.2 Å². The van der Waals surface area contributed by atoms with Crippen LogP contribution in [0.1, 0.15) is 11.3 Å². The zero-order chi connectivity index (χ0) is 17.8. The fourth-order valence-corrected chi connectivity index (χ4v) is 2.61. The third-order valence-corrected chi connectivity index (χ3v) is 3.89. The minimum atomic E-state index is 0.371. The van der Waals surface area contributed by atoms with E-state index in [1.165, 1.54) is 0 Å². The van der Waals surface area contributed by atoms with E-state index in [0.29, 0.717) is 36.0 Å². The fourth-order valence-electron chi connectivity index (χ4n) is 2.61. The van der Waals surface area contributed by atoms with Gasteiger partial charge in [-0.05, 0) is 28.0 Å². The third kappa shape index (κ3) is 3.44. The Labute approximate surface area is 149 Å². The van der Waals surface area contributed by atoms with Crippen LogP contribution in [0, 0.1) is 0 Å². The monoisotopic (exact) mass is 347 g/mol. The molecule has 26 heavy (non-hydrogen) atoms. The second kappa shape index (κ2) is 7.14. The largest absolute Gasteiger partial charge is 0.363 e. The number of benzene rings is 1. The molecular weight excluding hydrogens is 330 g/mol. The highest BCUT2D eigenvalue weighted by atomic mass is 16.6. The van der Waals surface area contributed by atoms with Crippen molar-refractivity contribution in [2.24, 2.45) is 0 Å². The van der Waals surface area contributed by atoms with Crippen LogP contribution < -0.4 is 10.2 Å². The number of anilines is 2. The van der Waals surface area contributed by atoms with Crippen molar-refractivity contribution in [1.29, 1.82) is 0 Å². The van der Waals surface area contributed by atoms with Gasteiger partial charge in [-0.15, -0.1) is 0 Å². The Bertz CT molecular complexity index is 988. The molecule has 0 atom stereocenters. The molecule has 130 valence electrons. The van der Waals surface area contributed by atoms with Crippen LogP contribution >= 0.6 is 0 Å². The molecule has 0 fully saturated rings. The van der Waals surface area contributed by atoms with E-state index in [2.05, 4.69) is 30.6 Å². The highest BCUT2D eigenvalue weighted by Crippen LogP contribution is 2.24. The summed E-state index contributed by atoms with van der Waals surface area (Å²) in [7, 11) is 1.94. The van der Waals surface area contributed by atoms with Crippen molar-refractivity contribution in [3.05, 3.63) is 66.0 Å². The van der Waals surface area contributed by atoms with E-state index in [9.17, 15) is 0 Å². The van der Waals surface area contributed by atoms with Crippen LogP contribution in [-0.4, -0.2) is 32.3 Å². The normalized spacial score (nSPS) is 10.8. The molecule has 0 radical (unpaired) electrons. The number of hydrogen-bond acceptors (Lipinski definition) is 8. The molecule has 3 aromatic heterocycles.